The largest absolute Gasteiger partial charge is 0.493 e. The molecule has 7 nitrogen and oxygen atoms in total. The van der Waals surface area contributed by atoms with Crippen molar-refractivity contribution in [2.45, 2.75) is 32.4 Å². The van der Waals surface area contributed by atoms with E-state index in [-0.39, 0.29) is 30.0 Å². The molecule has 0 fully saturated rings. The van der Waals surface area contributed by atoms with Crippen LogP contribution in [0.25, 0.3) is 0 Å². The molecular weight excluding hydrogens is 539 g/mol. The molecule has 2 heterocycles. The van der Waals surface area contributed by atoms with E-state index in [1.54, 1.807) is 0 Å². The number of aliphatic imine (C=N–C) groups is 1. The molecule has 32 heavy (non-hydrogen) atoms. The summed E-state index contributed by atoms with van der Waals surface area (Å²) in [6.45, 7) is 3.80. The monoisotopic (exact) mass is 566 g/mol. The van der Waals surface area contributed by atoms with Crippen LogP contribution in [0.3, 0.4) is 0 Å². The third kappa shape index (κ3) is 6.13. The van der Waals surface area contributed by atoms with E-state index in [0.717, 1.165) is 53.3 Å². The number of benzene rings is 2. The molecule has 0 saturated heterocycles. The average molecular weight is 567 g/mol. The third-order valence-corrected chi connectivity index (χ3v) is 5.70. The fourth-order valence-corrected chi connectivity index (χ4v) is 3.65. The van der Waals surface area contributed by atoms with Crippen LogP contribution in [0.1, 0.15) is 35.2 Å². The van der Waals surface area contributed by atoms with Gasteiger partial charge in [0.25, 0.3) is 0 Å². The summed E-state index contributed by atoms with van der Waals surface area (Å²) in [6, 6.07) is 16.2. The van der Waals surface area contributed by atoms with Gasteiger partial charge >= 0.3 is 0 Å². The molecule has 9 heteroatoms. The number of guanidine groups is 1. The van der Waals surface area contributed by atoms with Crippen molar-refractivity contribution in [2.24, 2.45) is 12.0 Å². The van der Waals surface area contributed by atoms with Gasteiger partial charge in [-0.2, -0.15) is 0 Å². The molecule has 2 aromatic carbocycles. The first-order chi connectivity index (χ1) is 15.1. The number of nitrogens with one attached hydrogen (secondary N) is 2. The zero-order valence-electron chi connectivity index (χ0n) is 18.2. The molecule has 0 spiro atoms. The first-order valence-corrected chi connectivity index (χ1v) is 10.8. The summed E-state index contributed by atoms with van der Waals surface area (Å²) >= 11 is 5.99. The third-order valence-electron chi connectivity index (χ3n) is 5.45. The van der Waals surface area contributed by atoms with Gasteiger partial charge < -0.3 is 19.9 Å². The Balaban J connectivity index is 0.00000289. The Bertz CT molecular complexity index is 1050. The van der Waals surface area contributed by atoms with Crippen molar-refractivity contribution < 1.29 is 4.74 Å². The maximum Gasteiger partial charge on any atom is 0.192 e. The van der Waals surface area contributed by atoms with Crippen molar-refractivity contribution in [2.75, 3.05) is 13.2 Å². The van der Waals surface area contributed by atoms with Gasteiger partial charge in [-0.1, -0.05) is 41.9 Å². The number of rotatable bonds is 6. The van der Waals surface area contributed by atoms with Crippen molar-refractivity contribution in [1.82, 2.24) is 25.4 Å². The van der Waals surface area contributed by atoms with Crippen LogP contribution in [0, 0.1) is 6.92 Å². The minimum Gasteiger partial charge on any atom is -0.493 e. The lowest BCUT2D eigenvalue weighted by atomic mass is 10.0. The van der Waals surface area contributed by atoms with E-state index in [1.807, 2.05) is 61.0 Å². The number of aromatic nitrogens is 3. The van der Waals surface area contributed by atoms with Gasteiger partial charge in [0.15, 0.2) is 11.8 Å². The highest BCUT2D eigenvalue weighted by atomic mass is 127. The summed E-state index contributed by atoms with van der Waals surface area (Å²) in [4.78, 5) is 4.79. The topological polar surface area (TPSA) is 76.4 Å². The van der Waals surface area contributed by atoms with E-state index < -0.39 is 0 Å². The second kappa shape index (κ2) is 11.5. The van der Waals surface area contributed by atoms with Gasteiger partial charge in [-0.3, -0.25) is 0 Å². The van der Waals surface area contributed by atoms with Crippen LogP contribution in [-0.2, 0) is 20.0 Å². The van der Waals surface area contributed by atoms with Crippen LogP contribution in [0.2, 0.25) is 5.02 Å². The number of para-hydroxylation sites is 1. The highest BCUT2D eigenvalue weighted by Gasteiger charge is 2.22. The number of halogens is 2. The fraction of sp³-hybridized carbons (Fsp3) is 0.348. The maximum absolute atomic E-state index is 5.99. The Labute approximate surface area is 210 Å². The summed E-state index contributed by atoms with van der Waals surface area (Å²) in [7, 11) is 1.95. The SMILES string of the molecule is Cc1nnc(CN=C(NCCc2ccc(Cl)cc2)NC2CCOc3ccccc32)n1C.I. The van der Waals surface area contributed by atoms with Gasteiger partial charge in [-0.05, 0) is 37.1 Å². The van der Waals surface area contributed by atoms with Crippen LogP contribution in [-0.4, -0.2) is 33.9 Å². The molecule has 1 atom stereocenters. The van der Waals surface area contributed by atoms with E-state index in [1.165, 1.54) is 5.56 Å². The minimum atomic E-state index is 0. The van der Waals surface area contributed by atoms with Crippen molar-refractivity contribution in [3.05, 3.63) is 76.3 Å². The summed E-state index contributed by atoms with van der Waals surface area (Å²) in [5.41, 5.74) is 2.37. The molecular formula is C23H28ClIN6O. The highest BCUT2D eigenvalue weighted by Crippen LogP contribution is 2.31. The molecule has 3 aromatic rings. The standard InChI is InChI=1S/C23H27ClN6O.HI/c1-16-28-29-22(30(16)2)15-26-23(25-13-11-17-7-9-18(24)10-8-17)27-20-12-14-31-21-6-4-3-5-19(20)21;/h3-10,20H,11-15H2,1-2H3,(H2,25,26,27);1H. The van der Waals surface area contributed by atoms with Gasteiger partial charge in [0.1, 0.15) is 18.1 Å². The second-order valence-corrected chi connectivity index (χ2v) is 8.00. The van der Waals surface area contributed by atoms with Gasteiger partial charge in [-0.25, -0.2) is 4.99 Å². The van der Waals surface area contributed by atoms with Crippen LogP contribution in [0.5, 0.6) is 5.75 Å². The predicted molar refractivity (Wildman–Crippen MR) is 138 cm³/mol. The van der Waals surface area contributed by atoms with Crippen LogP contribution in [0.15, 0.2) is 53.5 Å². The molecule has 1 unspecified atom stereocenters. The minimum absolute atomic E-state index is 0. The van der Waals surface area contributed by atoms with E-state index in [9.17, 15) is 0 Å². The number of aryl methyl sites for hydroxylation is 1. The Hall–Kier alpha value is -2.33. The number of nitrogens with zero attached hydrogens (tertiary/aromatic N) is 4. The molecule has 1 aliphatic rings. The van der Waals surface area contributed by atoms with Crippen molar-refractivity contribution in [1.29, 1.82) is 0 Å². The molecule has 4 rings (SSSR count). The van der Waals surface area contributed by atoms with Gasteiger partial charge in [0.05, 0.1) is 12.6 Å². The Morgan fingerprint density at radius 3 is 2.72 bits per heavy atom. The molecule has 1 aliphatic heterocycles. The number of ether oxygens (including phenoxy) is 1. The quantitative estimate of drug-likeness (QED) is 0.266. The van der Waals surface area contributed by atoms with Crippen molar-refractivity contribution in [3.8, 4) is 5.75 Å². The highest BCUT2D eigenvalue weighted by molar-refractivity contribution is 14.0. The summed E-state index contributed by atoms with van der Waals surface area (Å²) in [6.07, 6.45) is 1.74. The summed E-state index contributed by atoms with van der Waals surface area (Å²) in [5, 5.41) is 16.1. The molecule has 0 bridgehead atoms. The average Bonchev–Trinajstić information content (AvgIpc) is 3.11. The van der Waals surface area contributed by atoms with E-state index in [2.05, 4.69) is 26.9 Å². The fourth-order valence-electron chi connectivity index (χ4n) is 3.52. The lowest BCUT2D eigenvalue weighted by molar-refractivity contribution is 0.261. The zero-order valence-corrected chi connectivity index (χ0v) is 21.3. The van der Waals surface area contributed by atoms with Gasteiger partial charge in [0, 0.05) is 30.6 Å². The van der Waals surface area contributed by atoms with E-state index >= 15 is 0 Å². The maximum atomic E-state index is 5.99. The first-order valence-electron chi connectivity index (χ1n) is 10.5. The van der Waals surface area contributed by atoms with E-state index in [0.29, 0.717) is 13.2 Å². The molecule has 1 aromatic heterocycles. The Kier molecular flexibility index (Phi) is 8.75. The summed E-state index contributed by atoms with van der Waals surface area (Å²) in [5.74, 6) is 3.37. The lowest BCUT2D eigenvalue weighted by Crippen LogP contribution is -2.42. The van der Waals surface area contributed by atoms with Crippen LogP contribution in [0.4, 0.5) is 0 Å². The molecule has 170 valence electrons. The molecule has 0 saturated carbocycles. The summed E-state index contributed by atoms with van der Waals surface area (Å²) < 4.78 is 7.76. The van der Waals surface area contributed by atoms with Gasteiger partial charge in [-0.15, -0.1) is 34.2 Å². The number of fused-ring (bicyclic) bond motifs is 1. The number of hydrogen-bond acceptors (Lipinski definition) is 4. The van der Waals surface area contributed by atoms with E-state index in [4.69, 9.17) is 21.3 Å². The molecule has 2 N–H and O–H groups in total. The van der Waals surface area contributed by atoms with Crippen LogP contribution >= 0.6 is 35.6 Å². The lowest BCUT2D eigenvalue weighted by Gasteiger charge is -2.28. The zero-order chi connectivity index (χ0) is 21.6. The Morgan fingerprint density at radius 2 is 1.97 bits per heavy atom. The smallest absolute Gasteiger partial charge is 0.192 e. The number of hydrogen-bond donors (Lipinski definition) is 2. The van der Waals surface area contributed by atoms with Crippen molar-refractivity contribution >= 4 is 41.5 Å². The normalized spacial score (nSPS) is 15.3. The Morgan fingerprint density at radius 1 is 1.19 bits per heavy atom. The van der Waals surface area contributed by atoms with Crippen molar-refractivity contribution in [3.63, 3.8) is 0 Å². The van der Waals surface area contributed by atoms with Crippen LogP contribution < -0.4 is 15.4 Å². The molecule has 0 amide bonds. The molecule has 0 aliphatic carbocycles. The molecule has 0 radical (unpaired) electrons. The predicted octanol–water partition coefficient (Wildman–Crippen LogP) is 4.20. The second-order valence-electron chi connectivity index (χ2n) is 7.56. The first kappa shape index (κ1) is 24.3. The van der Waals surface area contributed by atoms with Gasteiger partial charge in [0.2, 0.25) is 0 Å².